The topological polar surface area (TPSA) is 71.5 Å². The number of nitrogens with one attached hydrogen (secondary N) is 1. The van der Waals surface area contributed by atoms with Crippen LogP contribution in [0.15, 0.2) is 66.9 Å². The van der Waals surface area contributed by atoms with Gasteiger partial charge >= 0.3 is 0 Å². The van der Waals surface area contributed by atoms with Crippen LogP contribution in [0.4, 0.5) is 5.69 Å². The highest BCUT2D eigenvalue weighted by Gasteiger charge is 2.30. The van der Waals surface area contributed by atoms with Crippen molar-refractivity contribution in [2.75, 3.05) is 11.4 Å². The number of nitrogens with zero attached hydrogens (tertiary/aromatic N) is 2. The summed E-state index contributed by atoms with van der Waals surface area (Å²) in [5.41, 5.74) is 1.94. The van der Waals surface area contributed by atoms with Crippen LogP contribution in [-0.2, 0) is 11.2 Å². The van der Waals surface area contributed by atoms with E-state index in [1.165, 1.54) is 10.5 Å². The van der Waals surface area contributed by atoms with Gasteiger partial charge in [-0.05, 0) is 55.7 Å². The Labute approximate surface area is 185 Å². The number of amides is 2. The van der Waals surface area contributed by atoms with Crippen molar-refractivity contribution in [2.24, 2.45) is 0 Å². The summed E-state index contributed by atoms with van der Waals surface area (Å²) in [4.78, 5) is 31.6. The van der Waals surface area contributed by atoms with Crippen LogP contribution in [0.1, 0.15) is 29.3 Å². The Bertz CT molecular complexity index is 1100. The summed E-state index contributed by atoms with van der Waals surface area (Å²) < 4.78 is 5.84. The van der Waals surface area contributed by atoms with Crippen molar-refractivity contribution in [3.63, 3.8) is 0 Å². The van der Waals surface area contributed by atoms with Crippen molar-refractivity contribution in [1.82, 2.24) is 10.3 Å². The number of benzene rings is 2. The van der Waals surface area contributed by atoms with E-state index in [1.807, 2.05) is 25.1 Å². The molecule has 0 saturated heterocycles. The lowest BCUT2D eigenvalue weighted by atomic mass is 10.1. The Kier molecular flexibility index (Phi) is 6.18. The number of carbonyl (C=O) groups is 2. The van der Waals surface area contributed by atoms with Crippen LogP contribution in [0.3, 0.4) is 0 Å². The van der Waals surface area contributed by atoms with E-state index in [1.54, 1.807) is 36.5 Å². The molecule has 1 N–H and O–H groups in total. The summed E-state index contributed by atoms with van der Waals surface area (Å²) in [7, 11) is 0. The van der Waals surface area contributed by atoms with Crippen LogP contribution in [0.25, 0.3) is 0 Å². The lowest BCUT2D eigenvalue weighted by molar-refractivity contribution is -0.120. The monoisotopic (exact) mass is 435 g/mol. The van der Waals surface area contributed by atoms with E-state index in [4.69, 9.17) is 16.3 Å². The van der Waals surface area contributed by atoms with Gasteiger partial charge in [-0.25, -0.2) is 4.98 Å². The number of hydrogen-bond donors (Lipinski definition) is 1. The Hall–Kier alpha value is -3.38. The van der Waals surface area contributed by atoms with Crippen LogP contribution in [0.2, 0.25) is 5.02 Å². The first-order chi connectivity index (χ1) is 15.0. The second-order valence-corrected chi connectivity index (χ2v) is 7.89. The molecule has 7 heteroatoms. The summed E-state index contributed by atoms with van der Waals surface area (Å²) in [6.45, 7) is 1.80. The van der Waals surface area contributed by atoms with Gasteiger partial charge in [0.15, 0.2) is 5.75 Å². The van der Waals surface area contributed by atoms with Crippen LogP contribution < -0.4 is 15.0 Å². The largest absolute Gasteiger partial charge is 0.436 e. The molecule has 3 aromatic rings. The van der Waals surface area contributed by atoms with Crippen molar-refractivity contribution in [3.8, 4) is 11.6 Å². The highest BCUT2D eigenvalue weighted by molar-refractivity contribution is 6.31. The van der Waals surface area contributed by atoms with Crippen molar-refractivity contribution in [1.29, 1.82) is 0 Å². The van der Waals surface area contributed by atoms with Crippen LogP contribution in [-0.4, -0.2) is 29.4 Å². The average molecular weight is 436 g/mol. The molecule has 0 aliphatic carbocycles. The van der Waals surface area contributed by atoms with E-state index in [0.717, 1.165) is 12.8 Å². The lowest BCUT2D eigenvalue weighted by Gasteiger charge is -2.23. The maximum absolute atomic E-state index is 13.2. The molecule has 1 aliphatic heterocycles. The predicted molar refractivity (Wildman–Crippen MR) is 120 cm³/mol. The van der Waals surface area contributed by atoms with Crippen molar-refractivity contribution < 1.29 is 14.3 Å². The first-order valence-corrected chi connectivity index (χ1v) is 10.5. The van der Waals surface area contributed by atoms with Crippen LogP contribution >= 0.6 is 11.6 Å². The first-order valence-electron chi connectivity index (χ1n) is 10.1. The van der Waals surface area contributed by atoms with Crippen molar-refractivity contribution in [2.45, 2.75) is 25.8 Å². The predicted octanol–water partition coefficient (Wildman–Crippen LogP) is 4.63. The molecule has 4 rings (SSSR count). The second kappa shape index (κ2) is 9.18. The van der Waals surface area contributed by atoms with Gasteiger partial charge in [0.05, 0.1) is 5.69 Å². The number of ether oxygens (including phenoxy) is 1. The number of pyridine rings is 1. The van der Waals surface area contributed by atoms with Crippen molar-refractivity contribution >= 4 is 29.1 Å². The molecular formula is C24H22ClN3O3. The maximum atomic E-state index is 13.2. The normalized spacial score (nSPS) is 13.5. The molecule has 2 aromatic carbocycles. The highest BCUT2D eigenvalue weighted by atomic mass is 35.5. The van der Waals surface area contributed by atoms with Gasteiger partial charge in [0, 0.05) is 17.3 Å². The standard InChI is InChI=1S/C24H22ClN3O3/c1-16(9-10-17-6-3-2-4-7-17)27-22(29)15-28-20-14-18(25)11-12-21(20)31-23-19(24(28)30)8-5-13-26-23/h2-8,11-14,16H,9-10,15H2,1H3,(H,27,29)/t16-/m0/s1. The molecule has 0 fully saturated rings. The van der Waals surface area contributed by atoms with E-state index in [-0.39, 0.29) is 30.3 Å². The molecule has 0 radical (unpaired) electrons. The van der Waals surface area contributed by atoms with Gasteiger partial charge in [0.25, 0.3) is 5.91 Å². The molecule has 1 aliphatic rings. The molecule has 158 valence electrons. The van der Waals surface area contributed by atoms with Gasteiger partial charge in [0.1, 0.15) is 12.1 Å². The summed E-state index contributed by atoms with van der Waals surface area (Å²) in [6, 6.07) is 18.3. The third-order valence-electron chi connectivity index (χ3n) is 5.08. The van der Waals surface area contributed by atoms with Gasteiger partial charge in [-0.2, -0.15) is 0 Å². The second-order valence-electron chi connectivity index (χ2n) is 7.45. The molecule has 1 aromatic heterocycles. The quantitative estimate of drug-likeness (QED) is 0.613. The third kappa shape index (κ3) is 4.86. The number of aryl methyl sites for hydroxylation is 1. The van der Waals surface area contributed by atoms with E-state index in [9.17, 15) is 9.59 Å². The molecule has 0 bridgehead atoms. The number of aromatic nitrogens is 1. The third-order valence-corrected chi connectivity index (χ3v) is 5.32. The Balaban J connectivity index is 1.50. The molecule has 0 unspecified atom stereocenters. The van der Waals surface area contributed by atoms with Gasteiger partial charge in [-0.1, -0.05) is 41.9 Å². The summed E-state index contributed by atoms with van der Waals surface area (Å²) >= 11 is 6.16. The molecule has 2 heterocycles. The number of hydrogen-bond acceptors (Lipinski definition) is 4. The number of rotatable bonds is 6. The number of halogens is 1. The zero-order valence-electron chi connectivity index (χ0n) is 17.0. The number of anilines is 1. The number of fused-ring (bicyclic) bond motifs is 2. The van der Waals surface area contributed by atoms with Crippen LogP contribution in [0.5, 0.6) is 11.6 Å². The SMILES string of the molecule is C[C@@H](CCc1ccccc1)NC(=O)CN1C(=O)c2cccnc2Oc2ccc(Cl)cc21. The molecule has 6 nitrogen and oxygen atoms in total. The highest BCUT2D eigenvalue weighted by Crippen LogP contribution is 2.39. The lowest BCUT2D eigenvalue weighted by Crippen LogP contribution is -2.43. The minimum Gasteiger partial charge on any atom is -0.436 e. The van der Waals surface area contributed by atoms with Gasteiger partial charge < -0.3 is 10.1 Å². The fourth-order valence-corrected chi connectivity index (χ4v) is 3.67. The Morgan fingerprint density at radius 1 is 1.16 bits per heavy atom. The van der Waals surface area contributed by atoms with E-state index < -0.39 is 0 Å². The van der Waals surface area contributed by atoms with E-state index >= 15 is 0 Å². The summed E-state index contributed by atoms with van der Waals surface area (Å²) in [6.07, 6.45) is 3.21. The van der Waals surface area contributed by atoms with E-state index in [0.29, 0.717) is 22.0 Å². The van der Waals surface area contributed by atoms with Gasteiger partial charge in [-0.3, -0.25) is 14.5 Å². The molecule has 1 atom stereocenters. The Morgan fingerprint density at radius 3 is 2.77 bits per heavy atom. The van der Waals surface area contributed by atoms with Gasteiger partial charge in [-0.15, -0.1) is 0 Å². The van der Waals surface area contributed by atoms with Gasteiger partial charge in [0.2, 0.25) is 11.8 Å². The summed E-state index contributed by atoms with van der Waals surface area (Å²) in [5, 5.41) is 3.43. The zero-order chi connectivity index (χ0) is 21.8. The number of carbonyl (C=O) groups excluding carboxylic acids is 2. The fourth-order valence-electron chi connectivity index (χ4n) is 3.50. The van der Waals surface area contributed by atoms with E-state index in [2.05, 4.69) is 22.4 Å². The molecule has 31 heavy (non-hydrogen) atoms. The minimum atomic E-state index is -0.365. The zero-order valence-corrected chi connectivity index (χ0v) is 17.8. The Morgan fingerprint density at radius 2 is 1.97 bits per heavy atom. The summed E-state index contributed by atoms with van der Waals surface area (Å²) in [5.74, 6) is -0.00119. The molecule has 2 amide bonds. The minimum absolute atomic E-state index is 0.0428. The maximum Gasteiger partial charge on any atom is 0.264 e. The fraction of sp³-hybridized carbons (Fsp3) is 0.208. The molecular weight excluding hydrogens is 414 g/mol. The van der Waals surface area contributed by atoms with Crippen molar-refractivity contribution in [3.05, 3.63) is 83.0 Å². The first kappa shape index (κ1) is 20.9. The van der Waals surface area contributed by atoms with Crippen LogP contribution in [0, 0.1) is 0 Å². The molecule has 0 saturated carbocycles. The average Bonchev–Trinajstić information content (AvgIpc) is 2.88. The smallest absolute Gasteiger partial charge is 0.264 e. The molecule has 0 spiro atoms.